The lowest BCUT2D eigenvalue weighted by molar-refractivity contribution is -0.143. The Balaban J connectivity index is 1.86. The van der Waals surface area contributed by atoms with Crippen molar-refractivity contribution in [2.24, 2.45) is 0 Å². The summed E-state index contributed by atoms with van der Waals surface area (Å²) in [7, 11) is 1.91. The van der Waals surface area contributed by atoms with Crippen molar-refractivity contribution in [2.75, 3.05) is 28.6 Å². The highest BCUT2D eigenvalue weighted by molar-refractivity contribution is 14.1. The van der Waals surface area contributed by atoms with Crippen LogP contribution in [0.4, 0.5) is 11.4 Å². The average Bonchev–Trinajstić information content (AvgIpc) is 2.91. The number of anilines is 2. The predicted molar refractivity (Wildman–Crippen MR) is 123 cm³/mol. The van der Waals surface area contributed by atoms with Gasteiger partial charge >= 0.3 is 5.97 Å². The number of likely N-dealkylation sites (N-methyl/N-ethyl adjacent to an activating group) is 1. The molecule has 0 bridgehead atoms. The summed E-state index contributed by atoms with van der Waals surface area (Å²) in [6.07, 6.45) is 7.58. The lowest BCUT2D eigenvalue weighted by Gasteiger charge is -2.36. The first-order valence-corrected chi connectivity index (χ1v) is 10.6. The molecule has 3 rings (SSSR count). The first-order chi connectivity index (χ1) is 13.7. The predicted octanol–water partition coefficient (Wildman–Crippen LogP) is 3.74. The molecule has 7 nitrogen and oxygen atoms in total. The van der Waals surface area contributed by atoms with Gasteiger partial charge in [-0.1, -0.05) is 6.08 Å². The summed E-state index contributed by atoms with van der Waals surface area (Å²) in [5.74, 6) is -0.429. The Kier molecular flexibility index (Phi) is 6.40. The maximum Gasteiger partial charge on any atom is 0.307 e. The molecule has 156 valence electrons. The van der Waals surface area contributed by atoms with Crippen molar-refractivity contribution in [2.45, 2.75) is 39.0 Å². The lowest BCUT2D eigenvalue weighted by atomic mass is 10.1. The molecule has 0 spiro atoms. The third-order valence-electron chi connectivity index (χ3n) is 4.96. The molecule has 1 aromatic rings. The van der Waals surface area contributed by atoms with Crippen LogP contribution in [0.3, 0.4) is 0 Å². The minimum absolute atomic E-state index is 0.125. The number of amides is 1. The molecule has 2 aliphatic rings. The van der Waals surface area contributed by atoms with Crippen molar-refractivity contribution in [3.63, 3.8) is 0 Å². The van der Waals surface area contributed by atoms with Crippen LogP contribution in [-0.4, -0.2) is 53.7 Å². The molecule has 0 aromatic heterocycles. The van der Waals surface area contributed by atoms with Gasteiger partial charge in [0, 0.05) is 25.4 Å². The molecule has 0 saturated carbocycles. The van der Waals surface area contributed by atoms with Gasteiger partial charge < -0.3 is 19.9 Å². The number of hydrogen-bond acceptors (Lipinski definition) is 6. The molecule has 0 radical (unpaired) electrons. The lowest BCUT2D eigenvalue weighted by Crippen LogP contribution is -2.48. The fourth-order valence-corrected chi connectivity index (χ4v) is 4.02. The van der Waals surface area contributed by atoms with E-state index in [2.05, 4.69) is 45.1 Å². The fraction of sp³-hybridized carbons (Fsp3) is 0.429. The number of fused-ring (bicyclic) bond motifs is 1. The Labute approximate surface area is 185 Å². The molecule has 0 fully saturated rings. The van der Waals surface area contributed by atoms with Crippen molar-refractivity contribution in [3.8, 4) is 0 Å². The highest BCUT2D eigenvalue weighted by atomic mass is 127. The van der Waals surface area contributed by atoms with Crippen molar-refractivity contribution in [1.29, 1.82) is 0 Å². The van der Waals surface area contributed by atoms with Crippen LogP contribution in [0, 0.1) is 0 Å². The Morgan fingerprint density at radius 1 is 1.31 bits per heavy atom. The molecular weight excluding hydrogens is 483 g/mol. The first-order valence-electron chi connectivity index (χ1n) is 9.66. The Hall–Kier alpha value is -2.23. The van der Waals surface area contributed by atoms with E-state index in [1.165, 1.54) is 0 Å². The topological polar surface area (TPSA) is 65.1 Å². The van der Waals surface area contributed by atoms with E-state index in [4.69, 9.17) is 4.74 Å². The molecule has 2 heterocycles. The zero-order valence-corrected chi connectivity index (χ0v) is 19.3. The van der Waals surface area contributed by atoms with Crippen molar-refractivity contribution >= 4 is 46.1 Å². The normalized spacial score (nSPS) is 19.0. The van der Waals surface area contributed by atoms with Crippen LogP contribution in [0.5, 0.6) is 0 Å². The summed E-state index contributed by atoms with van der Waals surface area (Å²) < 4.78 is 7.17. The highest BCUT2D eigenvalue weighted by Crippen LogP contribution is 2.42. The van der Waals surface area contributed by atoms with Gasteiger partial charge in [0.1, 0.15) is 11.8 Å². The molecule has 1 atom stereocenters. The number of benzene rings is 1. The number of halogens is 1. The summed E-state index contributed by atoms with van der Waals surface area (Å²) in [6.45, 7) is 6.55. The maximum absolute atomic E-state index is 13.4. The van der Waals surface area contributed by atoms with E-state index in [0.29, 0.717) is 12.2 Å². The van der Waals surface area contributed by atoms with Gasteiger partial charge in [0.25, 0.3) is 5.91 Å². The Morgan fingerprint density at radius 3 is 2.76 bits per heavy atom. The number of esters is 1. The monoisotopic (exact) mass is 510 g/mol. The zero-order valence-electron chi connectivity index (χ0n) is 17.2. The summed E-state index contributed by atoms with van der Waals surface area (Å²) in [5.41, 5.74) is 2.32. The Bertz CT molecular complexity index is 852. The number of carbonyl (C=O) groups is 2. The standard InChI is InChI=1S/C21H27IN4O3/c1-5-29-19(27)11-13-25(18-8-6-7-12-24(18)4)20(28)15-9-10-17-16(14-15)23-21(2,3)26(17)22/h6-10,12,14,18,23H,5,11,13H2,1-4H3. The van der Waals surface area contributed by atoms with Crippen LogP contribution in [0.1, 0.15) is 37.6 Å². The third-order valence-corrected chi connectivity index (χ3v) is 6.69. The van der Waals surface area contributed by atoms with E-state index in [9.17, 15) is 9.59 Å². The van der Waals surface area contributed by atoms with Gasteiger partial charge in [-0.25, -0.2) is 0 Å². The SMILES string of the molecule is CCOC(=O)CCN(C(=O)c1ccc2c(c1)NC(C)(C)N2I)C1C=CC=CN1C. The smallest absolute Gasteiger partial charge is 0.307 e. The Morgan fingerprint density at radius 2 is 2.07 bits per heavy atom. The maximum atomic E-state index is 13.4. The minimum Gasteiger partial charge on any atom is -0.466 e. The number of ether oxygens (including phenoxy) is 1. The number of hydrogen-bond donors (Lipinski definition) is 1. The second kappa shape index (κ2) is 8.64. The summed E-state index contributed by atoms with van der Waals surface area (Å²) in [5, 5.41) is 3.45. The molecular formula is C21H27IN4O3. The minimum atomic E-state index is -0.304. The molecule has 1 aromatic carbocycles. The van der Waals surface area contributed by atoms with Crippen LogP contribution in [0.2, 0.25) is 0 Å². The van der Waals surface area contributed by atoms with Gasteiger partial charge in [-0.05, 0) is 51.1 Å². The molecule has 1 amide bonds. The number of allylic oxidation sites excluding steroid dienone is 2. The van der Waals surface area contributed by atoms with E-state index in [0.717, 1.165) is 11.4 Å². The van der Waals surface area contributed by atoms with Crippen LogP contribution in [-0.2, 0) is 9.53 Å². The molecule has 8 heteroatoms. The second-order valence-corrected chi connectivity index (χ2v) is 8.52. The molecule has 1 N–H and O–H groups in total. The van der Waals surface area contributed by atoms with Gasteiger partial charge in [0.15, 0.2) is 0 Å². The molecule has 0 saturated heterocycles. The zero-order chi connectivity index (χ0) is 21.2. The van der Waals surface area contributed by atoms with Crippen molar-refractivity contribution < 1.29 is 14.3 Å². The first kappa shape index (κ1) is 21.5. The van der Waals surface area contributed by atoms with Gasteiger partial charge in [0.2, 0.25) is 0 Å². The van der Waals surface area contributed by atoms with Crippen LogP contribution < -0.4 is 8.43 Å². The largest absolute Gasteiger partial charge is 0.466 e. The van der Waals surface area contributed by atoms with E-state index in [1.54, 1.807) is 11.8 Å². The van der Waals surface area contributed by atoms with E-state index in [1.807, 2.05) is 54.6 Å². The van der Waals surface area contributed by atoms with Crippen molar-refractivity contribution in [1.82, 2.24) is 9.80 Å². The summed E-state index contributed by atoms with van der Waals surface area (Å²) in [4.78, 5) is 29.0. The fourth-order valence-electron chi connectivity index (χ4n) is 3.48. The van der Waals surface area contributed by atoms with E-state index < -0.39 is 0 Å². The van der Waals surface area contributed by atoms with Crippen molar-refractivity contribution in [3.05, 3.63) is 48.2 Å². The highest BCUT2D eigenvalue weighted by Gasteiger charge is 2.35. The molecule has 0 aliphatic carbocycles. The van der Waals surface area contributed by atoms with Gasteiger partial charge in [0.05, 0.1) is 47.3 Å². The van der Waals surface area contributed by atoms with Gasteiger partial charge in [-0.3, -0.25) is 12.7 Å². The average molecular weight is 510 g/mol. The molecule has 1 unspecified atom stereocenters. The second-order valence-electron chi connectivity index (χ2n) is 7.56. The summed E-state index contributed by atoms with van der Waals surface area (Å²) in [6, 6.07) is 5.69. The van der Waals surface area contributed by atoms with Crippen LogP contribution in [0.25, 0.3) is 0 Å². The van der Waals surface area contributed by atoms with Crippen LogP contribution in [0.15, 0.2) is 42.6 Å². The van der Waals surface area contributed by atoms with E-state index in [-0.39, 0.29) is 36.7 Å². The number of carbonyl (C=O) groups excluding carboxylic acids is 2. The van der Waals surface area contributed by atoms with Crippen LogP contribution >= 0.6 is 22.9 Å². The quantitative estimate of drug-likeness (QED) is 0.358. The number of nitrogens with zero attached hydrogens (tertiary/aromatic N) is 3. The third kappa shape index (κ3) is 4.52. The van der Waals surface area contributed by atoms with Gasteiger partial charge in [-0.15, -0.1) is 0 Å². The number of rotatable bonds is 6. The molecule has 2 aliphatic heterocycles. The van der Waals surface area contributed by atoms with Gasteiger partial charge in [-0.2, -0.15) is 0 Å². The molecule has 29 heavy (non-hydrogen) atoms. The summed E-state index contributed by atoms with van der Waals surface area (Å²) >= 11 is 2.28. The number of nitrogens with one attached hydrogen (secondary N) is 1. The van der Waals surface area contributed by atoms with E-state index >= 15 is 0 Å².